The molecule has 0 saturated carbocycles. The van der Waals surface area contributed by atoms with Gasteiger partial charge in [0.2, 0.25) is 0 Å². The molecule has 59 heavy (non-hydrogen) atoms. The van der Waals surface area contributed by atoms with Gasteiger partial charge in [-0.05, 0) is 65.7 Å². The first kappa shape index (κ1) is 43.1. The van der Waals surface area contributed by atoms with Gasteiger partial charge in [0.25, 0.3) is 5.91 Å². The number of hydrogen-bond acceptors (Lipinski definition) is 10. The van der Waals surface area contributed by atoms with Crippen molar-refractivity contribution in [3.8, 4) is 49.0 Å². The summed E-state index contributed by atoms with van der Waals surface area (Å²) >= 11 is 14.8. The molecule has 2 aromatic carbocycles. The Kier molecular flexibility index (Phi) is 14.6. The fourth-order valence-electron chi connectivity index (χ4n) is 5.73. The molecule has 0 fully saturated rings. The zero-order chi connectivity index (χ0) is 43.5. The van der Waals surface area contributed by atoms with E-state index < -0.39 is 29.2 Å². The summed E-state index contributed by atoms with van der Waals surface area (Å²) < 4.78 is 80.3. The van der Waals surface area contributed by atoms with Crippen LogP contribution < -0.4 is 20.9 Å². The Bertz CT molecular complexity index is 2600. The van der Waals surface area contributed by atoms with E-state index in [0.717, 1.165) is 44.3 Å². The third-order valence-corrected chi connectivity index (χ3v) is 11.1. The third kappa shape index (κ3) is 10.2. The second-order valence-corrected chi connectivity index (χ2v) is 14.9. The molecule has 1 amide bonds. The Morgan fingerprint density at radius 3 is 1.93 bits per heavy atom. The highest BCUT2D eigenvalue weighted by atomic mass is 35.5. The molecule has 0 bridgehead atoms. The van der Waals surface area contributed by atoms with Crippen molar-refractivity contribution in [2.24, 2.45) is 11.5 Å². The topological polar surface area (TPSA) is 144 Å². The normalized spacial score (nSPS) is 12.0. The summed E-state index contributed by atoms with van der Waals surface area (Å²) in [7, 11) is 1.75. The van der Waals surface area contributed by atoms with Gasteiger partial charge >= 0.3 is 0 Å². The van der Waals surface area contributed by atoms with Crippen molar-refractivity contribution < 1.29 is 37.6 Å². The van der Waals surface area contributed by atoms with E-state index in [1.165, 1.54) is 65.4 Å². The maximum absolute atomic E-state index is 14.3. The maximum atomic E-state index is 14.3. The van der Waals surface area contributed by atoms with E-state index in [1.54, 1.807) is 24.3 Å². The number of carbonyl (C=O) groups is 1. The summed E-state index contributed by atoms with van der Waals surface area (Å²) in [5, 5.41) is 4.90. The summed E-state index contributed by atoms with van der Waals surface area (Å²) in [4.78, 5) is 27.4. The number of alkyl halides is 1. The van der Waals surface area contributed by atoms with Gasteiger partial charge in [-0.15, -0.1) is 22.7 Å². The Morgan fingerprint density at radius 2 is 1.37 bits per heavy atom. The largest absolute Gasteiger partial charge is 0.491 e. The number of halogens is 7. The number of benzene rings is 2. The first-order chi connectivity index (χ1) is 29.0. The zero-order valence-corrected chi connectivity index (χ0v) is 34.3. The third-order valence-electron chi connectivity index (χ3n) is 8.34. The number of primary amides is 1. The van der Waals surface area contributed by atoms with Gasteiger partial charge in [0.1, 0.15) is 62.7 Å². The fourth-order valence-corrected chi connectivity index (χ4v) is 8.27. The molecule has 4 N–H and O–H groups in total. The summed E-state index contributed by atoms with van der Waals surface area (Å²) in [5.41, 5.74) is 14.3. The first-order valence-electron chi connectivity index (χ1n) is 18.0. The molecule has 7 heterocycles. The second kappa shape index (κ2) is 20.0. The van der Waals surface area contributed by atoms with E-state index in [2.05, 4.69) is 20.1 Å². The number of fused-ring (bicyclic) bond motifs is 6. The number of pyridine rings is 2. The lowest BCUT2D eigenvalue weighted by Crippen LogP contribution is -2.08. The molecule has 2 aliphatic heterocycles. The second-order valence-electron chi connectivity index (χ2n) is 12.0. The van der Waals surface area contributed by atoms with Gasteiger partial charge in [0.15, 0.2) is 11.6 Å². The van der Waals surface area contributed by atoms with Gasteiger partial charge < -0.3 is 20.9 Å². The smallest absolute Gasteiger partial charge is 0.258 e. The van der Waals surface area contributed by atoms with E-state index >= 15 is 0 Å². The highest BCUT2D eigenvalue weighted by Crippen LogP contribution is 2.43. The molecule has 9 rings (SSSR count). The predicted molar refractivity (Wildman–Crippen MR) is 220 cm³/mol. The number of nitrogens with zero attached hydrogens (tertiary/aromatic N) is 5. The molecular formula is C40H34Cl2F5N7O3S2. The summed E-state index contributed by atoms with van der Waals surface area (Å²) in [6, 6.07) is 17.5. The molecule has 308 valence electrons. The SMILES string of the molecule is CF.Fc1ccc(-n2ncnc2-c2cc3c(s2)-c2nc(Cl)ccc2OCC3)c(F)c1.NC(=O)c1cc2c(s1)-c1nc(Cl)ccc1OCC2.NCc1ccc(F)cc1F.[2H]C. The van der Waals surface area contributed by atoms with Gasteiger partial charge in [-0.3, -0.25) is 9.18 Å². The van der Waals surface area contributed by atoms with Gasteiger partial charge in [-0.2, -0.15) is 5.10 Å². The van der Waals surface area contributed by atoms with Crippen LogP contribution >= 0.6 is 45.9 Å². The van der Waals surface area contributed by atoms with E-state index in [1.807, 2.05) is 12.1 Å². The molecule has 19 heteroatoms. The van der Waals surface area contributed by atoms with E-state index in [4.69, 9.17) is 45.5 Å². The number of amides is 1. The number of carbonyl (C=O) groups excluding carboxylic acids is 1. The van der Waals surface area contributed by atoms with E-state index in [-0.39, 0.29) is 12.2 Å². The van der Waals surface area contributed by atoms with Crippen LogP contribution in [0.4, 0.5) is 22.0 Å². The average Bonchev–Trinajstić information content (AvgIpc) is 3.96. The van der Waals surface area contributed by atoms with Crippen molar-refractivity contribution in [1.82, 2.24) is 24.7 Å². The first-order valence-corrected chi connectivity index (χ1v) is 19.4. The minimum Gasteiger partial charge on any atom is -0.491 e. The van der Waals surface area contributed by atoms with Crippen LogP contribution in [-0.2, 0) is 19.4 Å². The number of thiophene rings is 2. The highest BCUT2D eigenvalue weighted by Gasteiger charge is 2.24. The van der Waals surface area contributed by atoms with Crippen LogP contribution in [0.15, 0.2) is 79.1 Å². The number of hydrogen-bond donors (Lipinski definition) is 2. The van der Waals surface area contributed by atoms with Crippen LogP contribution in [0.5, 0.6) is 11.5 Å². The van der Waals surface area contributed by atoms with Crippen LogP contribution in [0.2, 0.25) is 10.3 Å². The molecule has 0 spiro atoms. The van der Waals surface area contributed by atoms with Crippen molar-refractivity contribution >= 4 is 51.8 Å². The Labute approximate surface area is 354 Å². The molecule has 2 aliphatic rings. The monoisotopic (exact) mass is 890 g/mol. The van der Waals surface area contributed by atoms with Crippen LogP contribution in [0.3, 0.4) is 0 Å². The average molecular weight is 892 g/mol. The molecule has 7 aromatic rings. The van der Waals surface area contributed by atoms with Gasteiger partial charge in [-0.1, -0.05) is 36.7 Å². The summed E-state index contributed by atoms with van der Waals surface area (Å²) in [6.45, 7) is 1.17. The van der Waals surface area contributed by atoms with Crippen molar-refractivity contribution in [3.05, 3.63) is 134 Å². The van der Waals surface area contributed by atoms with Crippen LogP contribution in [0.1, 0.15) is 35.1 Å². The standard InChI is InChI=1S/C19H11ClF2N4OS.C12H9ClN2O2S.C7H7F2N.CH3F.CH4/c20-16-4-3-14-17(25-16)18-10(5-6-27-14)7-15(28-18)19-23-9-24-26(19)13-2-1-11(21)8-12(13)22;13-9-2-1-7-10(15-9)11-6(3-4-17-7)5-8(18-11)12(14)16;8-6-2-1-5(4-10)7(9)3-6;1-2;/h1-4,7-9H,5-6H2;1-2,5H,3-4H2,(H2,14,16);1-3H,4,10H2;1H3;1H4/i;;;;1D. The van der Waals surface area contributed by atoms with E-state index in [0.29, 0.717) is 76.3 Å². The van der Waals surface area contributed by atoms with Crippen LogP contribution in [0.25, 0.3) is 37.5 Å². The number of aromatic nitrogens is 5. The van der Waals surface area contributed by atoms with Crippen molar-refractivity contribution in [3.63, 3.8) is 0 Å². The lowest BCUT2D eigenvalue weighted by molar-refractivity contribution is 0.100. The fraction of sp³-hybridized carbons (Fsp3) is 0.175. The minimum absolute atomic E-state index is 0.103. The highest BCUT2D eigenvalue weighted by molar-refractivity contribution is 7.19. The molecule has 5 aromatic heterocycles. The Hall–Kier alpha value is -5.46. The maximum Gasteiger partial charge on any atom is 0.258 e. The number of ether oxygens (including phenoxy) is 2. The van der Waals surface area contributed by atoms with Gasteiger partial charge in [0.05, 0.1) is 39.9 Å². The van der Waals surface area contributed by atoms with Crippen LogP contribution in [-0.4, -0.2) is 51.0 Å². The summed E-state index contributed by atoms with van der Waals surface area (Å²) in [6.07, 6.45) is 2.77. The Balaban J connectivity index is 0.000000182. The molecule has 0 unspecified atom stereocenters. The lowest BCUT2D eigenvalue weighted by atomic mass is 10.1. The predicted octanol–water partition coefficient (Wildman–Crippen LogP) is 10.1. The van der Waals surface area contributed by atoms with Crippen LogP contribution in [0, 0.1) is 23.3 Å². The number of rotatable bonds is 4. The van der Waals surface area contributed by atoms with Crippen molar-refractivity contribution in [1.29, 1.82) is 0 Å². The minimum atomic E-state index is -0.711. The zero-order valence-electron chi connectivity index (χ0n) is 32.1. The van der Waals surface area contributed by atoms with E-state index in [9.17, 15) is 26.7 Å². The molecule has 0 saturated heterocycles. The summed E-state index contributed by atoms with van der Waals surface area (Å²) in [5.74, 6) is -1.11. The molecule has 0 radical (unpaired) electrons. The Morgan fingerprint density at radius 1 is 0.814 bits per heavy atom. The van der Waals surface area contributed by atoms with Crippen molar-refractivity contribution in [2.75, 3.05) is 20.4 Å². The van der Waals surface area contributed by atoms with Crippen molar-refractivity contribution in [2.45, 2.75) is 26.8 Å². The quantitative estimate of drug-likeness (QED) is 0.131. The lowest BCUT2D eigenvalue weighted by Gasteiger charge is -2.07. The molecular weight excluding hydrogens is 857 g/mol. The molecule has 0 atom stereocenters. The van der Waals surface area contributed by atoms with Gasteiger partial charge in [-0.25, -0.2) is 37.2 Å². The number of nitrogens with two attached hydrogens (primary N) is 2. The molecule has 0 aliphatic carbocycles. The molecule has 10 nitrogen and oxygen atoms in total. The van der Waals surface area contributed by atoms with Gasteiger partial charge in [0, 0.05) is 38.5 Å².